The Bertz CT molecular complexity index is 1050. The van der Waals surface area contributed by atoms with Crippen molar-refractivity contribution in [3.8, 4) is 11.5 Å². The summed E-state index contributed by atoms with van der Waals surface area (Å²) >= 11 is 0. The van der Waals surface area contributed by atoms with Gasteiger partial charge in [0.1, 0.15) is 0 Å². The molecular weight excluding hydrogens is 457 g/mol. The molecule has 0 radical (unpaired) electrons. The molecule has 0 unspecified atom stereocenters. The number of amides is 1. The lowest BCUT2D eigenvalue weighted by molar-refractivity contribution is -0.192. The summed E-state index contributed by atoms with van der Waals surface area (Å²) in [7, 11) is 0. The van der Waals surface area contributed by atoms with Gasteiger partial charge >= 0.3 is 12.1 Å². The topological polar surface area (TPSA) is 97.1 Å². The average Bonchev–Trinajstić information content (AvgIpc) is 3.52. The number of hydrogen-bond acceptors (Lipinski definition) is 6. The summed E-state index contributed by atoms with van der Waals surface area (Å²) in [6.07, 6.45) is 0.327. The Morgan fingerprint density at radius 2 is 1.74 bits per heavy atom. The quantitative estimate of drug-likeness (QED) is 0.719. The molecule has 1 N–H and O–H groups in total. The number of aliphatic carboxylic acids is 1. The van der Waals surface area contributed by atoms with E-state index in [-0.39, 0.29) is 12.7 Å². The van der Waals surface area contributed by atoms with Gasteiger partial charge in [-0.15, -0.1) is 0 Å². The van der Waals surface area contributed by atoms with Crippen molar-refractivity contribution in [3.05, 3.63) is 41.5 Å². The molecule has 0 bridgehead atoms. The average molecular weight is 482 g/mol. The van der Waals surface area contributed by atoms with E-state index in [4.69, 9.17) is 19.4 Å². The fourth-order valence-corrected chi connectivity index (χ4v) is 4.19. The van der Waals surface area contributed by atoms with E-state index in [9.17, 15) is 18.0 Å². The van der Waals surface area contributed by atoms with Crippen LogP contribution in [0.2, 0.25) is 0 Å². The number of likely N-dealkylation sites (tertiary alicyclic amines) is 1. The van der Waals surface area contributed by atoms with Crippen molar-refractivity contribution in [1.29, 1.82) is 0 Å². The zero-order valence-corrected chi connectivity index (χ0v) is 18.4. The molecule has 0 spiro atoms. The number of carboxylic acid groups (broad SMARTS) is 1. The summed E-state index contributed by atoms with van der Waals surface area (Å²) in [6.45, 7) is 5.66. The number of ether oxygens (including phenoxy) is 2. The van der Waals surface area contributed by atoms with E-state index in [0.29, 0.717) is 23.6 Å². The third-order valence-electron chi connectivity index (χ3n) is 5.92. The van der Waals surface area contributed by atoms with Crippen LogP contribution in [-0.2, 0) is 24.4 Å². The highest BCUT2D eigenvalue weighted by Crippen LogP contribution is 2.33. The number of aryl methyl sites for hydroxylation is 1. The number of benzene rings is 1. The fraction of sp³-hybridized carbons (Fsp3) is 0.500. The maximum atomic E-state index is 13.1. The van der Waals surface area contributed by atoms with Gasteiger partial charge in [0.15, 0.2) is 11.5 Å². The zero-order valence-electron chi connectivity index (χ0n) is 18.4. The van der Waals surface area contributed by atoms with Gasteiger partial charge in [0.05, 0.1) is 24.3 Å². The summed E-state index contributed by atoms with van der Waals surface area (Å²) in [5.41, 5.74) is 2.93. The maximum Gasteiger partial charge on any atom is 0.490 e. The largest absolute Gasteiger partial charge is 0.490 e. The Balaban J connectivity index is 0.000000344. The molecule has 12 heteroatoms. The minimum atomic E-state index is -5.08. The molecule has 3 aliphatic heterocycles. The highest BCUT2D eigenvalue weighted by atomic mass is 19.4. The molecule has 1 aromatic heterocycles. The predicted octanol–water partition coefficient (Wildman–Crippen LogP) is 2.89. The van der Waals surface area contributed by atoms with Gasteiger partial charge < -0.3 is 24.0 Å². The smallest absolute Gasteiger partial charge is 0.475 e. The summed E-state index contributed by atoms with van der Waals surface area (Å²) in [6, 6.07) is 5.43. The molecule has 0 aliphatic carbocycles. The Kier molecular flexibility index (Phi) is 6.96. The molecule has 34 heavy (non-hydrogen) atoms. The summed E-state index contributed by atoms with van der Waals surface area (Å²) < 4.78 is 44.7. The van der Waals surface area contributed by atoms with Gasteiger partial charge in [0, 0.05) is 25.2 Å². The first-order chi connectivity index (χ1) is 16.2. The summed E-state index contributed by atoms with van der Waals surface area (Å²) in [5, 5.41) is 7.12. The monoisotopic (exact) mass is 482 g/mol. The molecule has 1 fully saturated rings. The third-order valence-corrected chi connectivity index (χ3v) is 5.92. The first kappa shape index (κ1) is 23.9. The molecule has 184 valence electrons. The number of imidazole rings is 1. The Hall–Kier alpha value is -3.28. The lowest BCUT2D eigenvalue weighted by atomic mass is 10.1. The molecule has 2 aromatic rings. The molecular formula is C22H25F3N4O5. The molecule has 4 heterocycles. The number of alkyl halides is 3. The maximum absolute atomic E-state index is 13.1. The second-order valence-electron chi connectivity index (χ2n) is 8.27. The molecule has 1 amide bonds. The van der Waals surface area contributed by atoms with Crippen molar-refractivity contribution < 1.29 is 37.3 Å². The van der Waals surface area contributed by atoms with Gasteiger partial charge in [-0.25, -0.2) is 9.78 Å². The van der Waals surface area contributed by atoms with Crippen molar-refractivity contribution in [3.63, 3.8) is 0 Å². The number of nitrogens with zero attached hydrogens (tertiary/aromatic N) is 4. The van der Waals surface area contributed by atoms with E-state index in [2.05, 4.69) is 14.5 Å². The van der Waals surface area contributed by atoms with Crippen LogP contribution in [0.3, 0.4) is 0 Å². The van der Waals surface area contributed by atoms with Crippen LogP contribution in [-0.4, -0.2) is 68.9 Å². The first-order valence-corrected chi connectivity index (χ1v) is 11.0. The minimum absolute atomic E-state index is 0.0371. The van der Waals surface area contributed by atoms with Crippen LogP contribution in [0.1, 0.15) is 41.0 Å². The van der Waals surface area contributed by atoms with Crippen LogP contribution in [0, 0.1) is 0 Å². The van der Waals surface area contributed by atoms with E-state index >= 15 is 0 Å². The summed E-state index contributed by atoms with van der Waals surface area (Å²) in [4.78, 5) is 31.1. The zero-order chi connectivity index (χ0) is 24.3. The van der Waals surface area contributed by atoms with E-state index in [1.54, 1.807) is 6.07 Å². The Morgan fingerprint density at radius 3 is 2.44 bits per heavy atom. The number of aromatic nitrogens is 2. The molecule has 1 aromatic carbocycles. The van der Waals surface area contributed by atoms with Crippen molar-refractivity contribution in [2.24, 2.45) is 0 Å². The van der Waals surface area contributed by atoms with Gasteiger partial charge in [-0.1, -0.05) is 0 Å². The number of carbonyl (C=O) groups excluding carboxylic acids is 1. The van der Waals surface area contributed by atoms with Crippen molar-refractivity contribution in [2.45, 2.75) is 45.1 Å². The number of fused-ring (bicyclic) bond motifs is 2. The van der Waals surface area contributed by atoms with E-state index in [1.165, 1.54) is 18.5 Å². The number of carboxylic acids is 1. The Labute approximate surface area is 193 Å². The number of halogens is 3. The second kappa shape index (κ2) is 9.92. The van der Waals surface area contributed by atoms with Crippen LogP contribution in [0.4, 0.5) is 13.2 Å². The van der Waals surface area contributed by atoms with Crippen LogP contribution < -0.4 is 9.47 Å². The van der Waals surface area contributed by atoms with Crippen LogP contribution in [0.25, 0.3) is 0 Å². The van der Waals surface area contributed by atoms with Gasteiger partial charge in [0.2, 0.25) is 6.79 Å². The predicted molar refractivity (Wildman–Crippen MR) is 112 cm³/mol. The molecule has 3 aliphatic rings. The highest BCUT2D eigenvalue weighted by Gasteiger charge is 2.38. The van der Waals surface area contributed by atoms with Gasteiger partial charge in [-0.05, 0) is 50.6 Å². The normalized spacial score (nSPS) is 17.6. The SMILES string of the molecule is O=C(O)C(F)(F)F.O=C(c1ccc2c(c1)OCO2)N1CCCn2cnc(CN3CCCC3)c2C1. The first-order valence-electron chi connectivity index (χ1n) is 11.0. The van der Waals surface area contributed by atoms with Crippen molar-refractivity contribution in [2.75, 3.05) is 26.4 Å². The van der Waals surface area contributed by atoms with Gasteiger partial charge in [-0.3, -0.25) is 9.69 Å². The minimum Gasteiger partial charge on any atom is -0.475 e. The van der Waals surface area contributed by atoms with Crippen LogP contribution in [0.5, 0.6) is 11.5 Å². The third kappa shape index (κ3) is 5.44. The molecule has 5 rings (SSSR count). The highest BCUT2D eigenvalue weighted by molar-refractivity contribution is 5.95. The van der Waals surface area contributed by atoms with Crippen molar-refractivity contribution >= 4 is 11.9 Å². The molecule has 9 nitrogen and oxygen atoms in total. The number of carbonyl (C=O) groups is 2. The summed E-state index contributed by atoms with van der Waals surface area (Å²) in [5.74, 6) is -1.37. The van der Waals surface area contributed by atoms with Gasteiger partial charge in [0.25, 0.3) is 5.91 Å². The van der Waals surface area contributed by atoms with E-state index in [1.807, 2.05) is 23.4 Å². The number of hydrogen-bond donors (Lipinski definition) is 1. The van der Waals surface area contributed by atoms with E-state index < -0.39 is 12.1 Å². The lowest BCUT2D eigenvalue weighted by Crippen LogP contribution is -2.31. The molecule has 0 saturated carbocycles. The Morgan fingerprint density at radius 1 is 1.03 bits per heavy atom. The second-order valence-corrected chi connectivity index (χ2v) is 8.27. The molecule has 0 atom stereocenters. The number of rotatable bonds is 3. The van der Waals surface area contributed by atoms with E-state index in [0.717, 1.165) is 44.8 Å². The molecule has 1 saturated heterocycles. The fourth-order valence-electron chi connectivity index (χ4n) is 4.19. The standard InChI is InChI=1S/C20H24N4O3.C2HF3O2/c25-20(15-4-5-18-19(10-15)27-14-26-18)23-8-3-9-24-13-21-16(17(24)12-23)11-22-6-1-2-7-22;3-2(4,5)1(6)7/h4-5,10,13H,1-3,6-9,11-12,14H2;(H,6,7). The van der Waals surface area contributed by atoms with Crippen molar-refractivity contribution in [1.82, 2.24) is 19.4 Å². The van der Waals surface area contributed by atoms with Crippen LogP contribution in [0.15, 0.2) is 24.5 Å². The van der Waals surface area contributed by atoms with Gasteiger partial charge in [-0.2, -0.15) is 13.2 Å². The lowest BCUT2D eigenvalue weighted by Gasteiger charge is -2.21. The van der Waals surface area contributed by atoms with Crippen LogP contribution >= 0.6 is 0 Å².